The lowest BCUT2D eigenvalue weighted by Gasteiger charge is -2.31. The monoisotopic (exact) mass is 1790 g/mol. The minimum atomic E-state index is -0.848. The first kappa shape index (κ1) is 113. The van der Waals surface area contributed by atoms with Gasteiger partial charge in [0.1, 0.15) is 69.0 Å². The SMILES string of the molecule is C.CC(C)OO.CC(CCC(=O)O)(c1ccc(O)cc1)c1ccc(O)cc1.CCCCC(=O)OC(C)(C)C.CCOC(C)OC(=O)CC(C)(c1ccc(C)cc1)c1ccc(CC)cc1.CCOC(C)Oc1ccc(C(CC)CC(C)c2ccc(O)cc2)cc1.COCN1C(=O)N(COC)C(OC)C1OC.COCN1C(=O)N(COC)C2C1N(COC)C(=O)N2COC. The largest absolute Gasteiger partial charge is 0.508 e. The van der Waals surface area contributed by atoms with Crippen LogP contribution in [-0.2, 0) is 93.4 Å². The highest BCUT2D eigenvalue weighted by molar-refractivity contribution is 5.85. The molecule has 6 aromatic carbocycles. The zero-order valence-corrected chi connectivity index (χ0v) is 78.7. The summed E-state index contributed by atoms with van der Waals surface area (Å²) in [6.07, 6.45) is 3.57. The molecule has 6 aromatic rings. The van der Waals surface area contributed by atoms with E-state index >= 15 is 0 Å². The van der Waals surface area contributed by atoms with Gasteiger partial charge >= 0.3 is 36.0 Å². The number of benzene rings is 6. The second-order valence-corrected chi connectivity index (χ2v) is 31.9. The molecule has 0 bridgehead atoms. The van der Waals surface area contributed by atoms with E-state index in [2.05, 4.69) is 107 Å². The number of amides is 6. The summed E-state index contributed by atoms with van der Waals surface area (Å²) in [4.78, 5) is 84.1. The van der Waals surface area contributed by atoms with Gasteiger partial charge in [-0.2, -0.15) is 0 Å². The minimum absolute atomic E-state index is 0. The van der Waals surface area contributed by atoms with Crippen molar-refractivity contribution in [2.45, 2.75) is 248 Å². The van der Waals surface area contributed by atoms with Crippen LogP contribution in [0.3, 0.4) is 0 Å². The van der Waals surface area contributed by atoms with Gasteiger partial charge in [-0.25, -0.2) is 19.3 Å². The fraction of sp³-hybridized carbons (Fsp3) is 0.562. The Bertz CT molecular complexity index is 3930. The number of aryl methyl sites for hydroxylation is 2. The van der Waals surface area contributed by atoms with Crippen molar-refractivity contribution in [2.24, 2.45) is 0 Å². The number of aliphatic carboxylic acids is 1. The number of phenolic OH excluding ortho intramolecular Hbond substituents is 3. The number of rotatable bonds is 40. The molecular weight excluding hydrogens is 1640 g/mol. The number of urea groups is 3. The van der Waals surface area contributed by atoms with Gasteiger partial charge in [0.15, 0.2) is 37.4 Å². The van der Waals surface area contributed by atoms with Gasteiger partial charge in [0.2, 0.25) is 0 Å². The highest BCUT2D eigenvalue weighted by Gasteiger charge is 2.59. The lowest BCUT2D eigenvalue weighted by Crippen LogP contribution is -2.48. The Kier molecular flexibility index (Phi) is 52.3. The summed E-state index contributed by atoms with van der Waals surface area (Å²) in [6.45, 7) is 33.2. The van der Waals surface area contributed by atoms with Gasteiger partial charge in [0.05, 0.1) is 12.5 Å². The fourth-order valence-corrected chi connectivity index (χ4v) is 14.1. The standard InChI is InChI=1S/C23H30O3.C22H30O3.C17H18O4.C12H22N4O6.C9H18N2O5.C9H18O2.C3H8O2.CH4/c1-6-19-10-14-21(15-11-19)23(5,20-12-8-17(3)9-13-20)16-22(24)26-18(4)25-7-2;1-5-18(15-16(3)19-7-11-21(23)12-8-19)20-9-13-22(14-10-20)25-17(4)24-6-2;1-17(11-10-16(20)21,12-2-6-14(18)7-3-12)13-4-8-15(19)9-5-13;1-19-5-13-9-10(15(7-21-3)11(13)17)16(8-22-4)12(18)14(9)6-20-2;1-13-5-10-7(15-3)8(16-4)11(6-14-2)9(10)12;1-5-6-7-8(10)11-9(2,3)4;1-3(2)5-4;/h8-15,18H,6-7,16H2,1-5H3;7-14,16-18,23H,5-6,15H2,1-4H3;2-9,18-19H,10-11H2,1H3,(H,20,21);9-10H,5-8H2,1-4H3;7-8H,5-6H2,1-4H3;5-7H2,1-4H3;3-4H,1-2H3;1H4. The maximum atomic E-state index is 12.6. The zero-order chi connectivity index (χ0) is 94.4. The van der Waals surface area contributed by atoms with E-state index in [1.165, 1.54) is 109 Å². The number of fused-ring (bicyclic) bond motifs is 1. The van der Waals surface area contributed by atoms with Crippen molar-refractivity contribution in [1.82, 2.24) is 29.4 Å². The Balaban J connectivity index is 0.000000517. The third-order valence-electron chi connectivity index (χ3n) is 20.7. The highest BCUT2D eigenvalue weighted by Crippen LogP contribution is 2.41. The van der Waals surface area contributed by atoms with Gasteiger partial charge in [0, 0.05) is 93.8 Å². The Labute approximate surface area is 754 Å². The van der Waals surface area contributed by atoms with E-state index in [-0.39, 0.29) is 120 Å². The Hall–Kier alpha value is -9.74. The number of ether oxygens (including phenoxy) is 13. The van der Waals surface area contributed by atoms with Gasteiger partial charge in [-0.15, -0.1) is 0 Å². The van der Waals surface area contributed by atoms with E-state index in [4.69, 9.17) is 71.9 Å². The number of nitrogens with zero attached hydrogens (tertiary/aromatic N) is 6. The average Bonchev–Trinajstić information content (AvgIpc) is 1.57. The third kappa shape index (κ3) is 36.4. The van der Waals surface area contributed by atoms with E-state index in [1.54, 1.807) is 81.4 Å². The molecule has 6 amide bonds. The first-order valence-corrected chi connectivity index (χ1v) is 42.6. The molecule has 0 aliphatic carbocycles. The molecular formula is C96H148N6O25. The van der Waals surface area contributed by atoms with Crippen molar-refractivity contribution in [3.05, 3.63) is 190 Å². The van der Waals surface area contributed by atoms with Crippen LogP contribution in [-0.4, -0.2) is 251 Å². The minimum Gasteiger partial charge on any atom is -0.508 e. The van der Waals surface area contributed by atoms with Gasteiger partial charge in [-0.1, -0.05) is 158 Å². The lowest BCUT2D eigenvalue weighted by molar-refractivity contribution is -0.269. The number of esters is 2. The third-order valence-corrected chi connectivity index (χ3v) is 20.7. The second kappa shape index (κ2) is 58.7. The molecule has 0 saturated carbocycles. The number of carbonyl (C=O) groups is 6. The van der Waals surface area contributed by atoms with Crippen molar-refractivity contribution in [1.29, 1.82) is 0 Å². The number of unbranched alkanes of at least 4 members (excludes halogenated alkanes) is 1. The van der Waals surface area contributed by atoms with E-state index in [0.29, 0.717) is 43.6 Å². The number of carboxylic acids is 1. The average molecular weight is 1790 g/mol. The van der Waals surface area contributed by atoms with Crippen LogP contribution in [0.2, 0.25) is 0 Å². The Morgan fingerprint density at radius 1 is 0.465 bits per heavy atom. The molecule has 0 radical (unpaired) electrons. The normalized spacial score (nSPS) is 16.6. The summed E-state index contributed by atoms with van der Waals surface area (Å²) in [7, 11) is 12.0. The maximum Gasteiger partial charge on any atom is 0.328 e. The Morgan fingerprint density at radius 2 is 0.827 bits per heavy atom. The number of phenols is 3. The summed E-state index contributed by atoms with van der Waals surface area (Å²) in [5.74, 6) is 1.26. The highest BCUT2D eigenvalue weighted by atomic mass is 17.1. The molecule has 0 spiro atoms. The number of hydrogen-bond acceptors (Lipinski definition) is 24. The van der Waals surface area contributed by atoms with Crippen LogP contribution in [0.4, 0.5) is 14.4 Å². The smallest absolute Gasteiger partial charge is 0.328 e. The first-order chi connectivity index (χ1) is 59.9. The van der Waals surface area contributed by atoms with E-state index < -0.39 is 47.9 Å². The predicted molar refractivity (Wildman–Crippen MR) is 486 cm³/mol. The predicted octanol–water partition coefficient (Wildman–Crippen LogP) is 17.7. The number of hydrogen-bond donors (Lipinski definition) is 5. The fourth-order valence-electron chi connectivity index (χ4n) is 14.1. The van der Waals surface area contributed by atoms with E-state index in [9.17, 15) is 44.1 Å². The molecule has 31 nitrogen and oxygen atoms in total. The molecule has 3 aliphatic rings. The van der Waals surface area contributed by atoms with Crippen LogP contribution in [0.25, 0.3) is 0 Å². The summed E-state index contributed by atoms with van der Waals surface area (Å²) >= 11 is 0. The van der Waals surface area contributed by atoms with Crippen LogP contribution in [0.15, 0.2) is 146 Å². The molecule has 3 saturated heterocycles. The summed E-state index contributed by atoms with van der Waals surface area (Å²) in [6, 6.07) is 45.6. The van der Waals surface area contributed by atoms with Crippen LogP contribution in [0, 0.1) is 6.92 Å². The van der Waals surface area contributed by atoms with E-state index in [0.717, 1.165) is 60.1 Å². The molecule has 3 aliphatic heterocycles. The van der Waals surface area contributed by atoms with Crippen molar-refractivity contribution < 1.29 is 121 Å². The summed E-state index contributed by atoms with van der Waals surface area (Å²) in [5, 5.41) is 44.9. The molecule has 3 heterocycles. The van der Waals surface area contributed by atoms with Gasteiger partial charge in [0.25, 0.3) is 0 Å². The summed E-state index contributed by atoms with van der Waals surface area (Å²) < 4.78 is 67.8. The molecule has 7 unspecified atom stereocenters. The van der Waals surface area contributed by atoms with Crippen LogP contribution in [0.1, 0.15) is 219 Å². The molecule has 5 N–H and O–H groups in total. The van der Waals surface area contributed by atoms with Crippen molar-refractivity contribution in [2.75, 3.05) is 110 Å². The number of carbonyl (C=O) groups excluding carboxylic acids is 5. The van der Waals surface area contributed by atoms with Gasteiger partial charge in [-0.3, -0.25) is 49.0 Å². The quantitative estimate of drug-likeness (QED) is 0.0103. The number of carboxylic acid groups (broad SMARTS) is 1. The molecule has 0 aromatic heterocycles. The van der Waals surface area contributed by atoms with Crippen LogP contribution in [0.5, 0.6) is 23.0 Å². The number of aromatic hydroxyl groups is 3. The van der Waals surface area contributed by atoms with Gasteiger partial charge in [-0.05, 0) is 201 Å². The van der Waals surface area contributed by atoms with E-state index in [1.807, 2.05) is 72.7 Å². The molecule has 31 heteroatoms. The molecule has 127 heavy (non-hydrogen) atoms. The molecule has 712 valence electrons. The lowest BCUT2D eigenvalue weighted by atomic mass is 9.73. The van der Waals surface area contributed by atoms with Gasteiger partial charge < -0.3 is 82.0 Å². The zero-order valence-electron chi connectivity index (χ0n) is 78.7. The van der Waals surface area contributed by atoms with Crippen molar-refractivity contribution >= 4 is 36.0 Å². The topological polar surface area (TPSA) is 352 Å². The molecule has 3 fully saturated rings. The Morgan fingerprint density at radius 3 is 1.18 bits per heavy atom. The maximum absolute atomic E-state index is 12.6. The van der Waals surface area contributed by atoms with Crippen molar-refractivity contribution in [3.63, 3.8) is 0 Å². The van der Waals surface area contributed by atoms with Crippen LogP contribution < -0.4 is 4.74 Å². The molecule has 7 atom stereocenters. The first-order valence-electron chi connectivity index (χ1n) is 42.6. The number of methoxy groups -OCH3 is 8. The summed E-state index contributed by atoms with van der Waals surface area (Å²) in [5.41, 5.74) is 7.87. The molecule has 9 rings (SSSR count). The van der Waals surface area contributed by atoms with Crippen molar-refractivity contribution in [3.8, 4) is 23.0 Å². The van der Waals surface area contributed by atoms with Crippen LogP contribution >= 0.6 is 0 Å². The second-order valence-electron chi connectivity index (χ2n) is 31.9.